The molecule has 0 atom stereocenters. The molecule has 2 aromatic heterocycles. The summed E-state index contributed by atoms with van der Waals surface area (Å²) in [5.41, 5.74) is 4.27. The fourth-order valence-electron chi connectivity index (χ4n) is 1.50. The number of nitrogens with zero attached hydrogens (tertiary/aromatic N) is 5. The molecule has 22 heavy (non-hydrogen) atoms. The minimum absolute atomic E-state index is 0.0213. The molecule has 0 aliphatic rings. The van der Waals surface area contributed by atoms with Crippen molar-refractivity contribution in [2.45, 2.75) is 6.54 Å². The highest BCUT2D eigenvalue weighted by Gasteiger charge is 2.11. The molecule has 2 N–H and O–H groups in total. The summed E-state index contributed by atoms with van der Waals surface area (Å²) in [4.78, 5) is 30.6. The van der Waals surface area contributed by atoms with Crippen LogP contribution >= 0.6 is 15.9 Å². The third-order valence-electron chi connectivity index (χ3n) is 2.49. The van der Waals surface area contributed by atoms with Gasteiger partial charge >= 0.3 is 11.8 Å². The molecule has 116 valence electrons. The van der Waals surface area contributed by atoms with Crippen LogP contribution in [0, 0.1) is 0 Å². The van der Waals surface area contributed by atoms with E-state index < -0.39 is 11.8 Å². The van der Waals surface area contributed by atoms with Crippen molar-refractivity contribution >= 4 is 22.0 Å². The molecule has 2 heterocycles. The number of amides is 1. The van der Waals surface area contributed by atoms with Crippen molar-refractivity contribution in [3.05, 3.63) is 45.7 Å². The number of carbonyl (C=O) groups excluding carboxylic acids is 1. The van der Waals surface area contributed by atoms with Crippen LogP contribution in [0.3, 0.4) is 0 Å². The third-order valence-corrected chi connectivity index (χ3v) is 2.90. The Balaban J connectivity index is 2.19. The topological polar surface area (TPSA) is 118 Å². The van der Waals surface area contributed by atoms with Gasteiger partial charge in [-0.15, -0.1) is 0 Å². The monoisotopic (exact) mass is 372 g/mol. The molecule has 0 saturated carbocycles. The Hall–Kier alpha value is -2.56. The Kier molecular flexibility index (Phi) is 4.99. The van der Waals surface area contributed by atoms with Gasteiger partial charge in [-0.2, -0.15) is 5.10 Å². The molecule has 0 spiro atoms. The lowest BCUT2D eigenvalue weighted by atomic mass is 10.3. The van der Waals surface area contributed by atoms with Gasteiger partial charge in [0.05, 0.1) is 25.3 Å². The predicted molar refractivity (Wildman–Crippen MR) is 75.8 cm³/mol. The molecule has 2 rings (SSSR count). The van der Waals surface area contributed by atoms with Gasteiger partial charge < -0.3 is 10.5 Å². The number of carbonyl (C=O) groups is 1. The zero-order valence-electron chi connectivity index (χ0n) is 11.0. The van der Waals surface area contributed by atoms with E-state index in [1.54, 1.807) is 0 Å². The Labute approximate surface area is 131 Å². The average Bonchev–Trinajstić information content (AvgIpc) is 2.85. The zero-order chi connectivity index (χ0) is 16.1. The standard InChI is InChI=1S/C11H10BrFN6O3/c12-8-2-16-9(3-15-8)18-6-17-19(11(18)21)4-7(1-13)5-22-10(14)20/h1-3,6H,4-5H2,(H2,14,20). The van der Waals surface area contributed by atoms with Crippen LogP contribution in [-0.2, 0) is 11.3 Å². The van der Waals surface area contributed by atoms with Crippen LogP contribution in [0.5, 0.6) is 0 Å². The SMILES string of the molecule is NC(=O)OCC(=CF)Cn1ncn(-c2cnc(Br)cn2)c1=O. The van der Waals surface area contributed by atoms with Gasteiger partial charge in [-0.1, -0.05) is 0 Å². The van der Waals surface area contributed by atoms with E-state index >= 15 is 0 Å². The van der Waals surface area contributed by atoms with Crippen molar-refractivity contribution < 1.29 is 13.9 Å². The maximum absolute atomic E-state index is 12.7. The molecule has 0 radical (unpaired) electrons. The highest BCUT2D eigenvalue weighted by Crippen LogP contribution is 2.05. The molecule has 0 aliphatic carbocycles. The largest absolute Gasteiger partial charge is 0.445 e. The number of aromatic nitrogens is 5. The highest BCUT2D eigenvalue weighted by atomic mass is 79.9. The summed E-state index contributed by atoms with van der Waals surface area (Å²) < 4.78 is 19.8. The number of ether oxygens (including phenoxy) is 1. The number of hydrogen-bond donors (Lipinski definition) is 1. The number of nitrogens with two attached hydrogens (primary N) is 1. The number of primary amides is 1. The molecular weight excluding hydrogens is 363 g/mol. The Morgan fingerprint density at radius 3 is 2.82 bits per heavy atom. The molecule has 11 heteroatoms. The van der Waals surface area contributed by atoms with Gasteiger partial charge in [0.25, 0.3) is 0 Å². The quantitative estimate of drug-likeness (QED) is 0.817. The lowest BCUT2D eigenvalue weighted by Crippen LogP contribution is -2.26. The molecule has 0 fully saturated rings. The molecule has 1 amide bonds. The van der Waals surface area contributed by atoms with Crippen molar-refractivity contribution in [1.82, 2.24) is 24.3 Å². The van der Waals surface area contributed by atoms with Crippen LogP contribution < -0.4 is 11.4 Å². The molecule has 0 unspecified atom stereocenters. The summed E-state index contributed by atoms with van der Waals surface area (Å²) in [6.45, 7) is -0.567. The maximum Gasteiger partial charge on any atom is 0.404 e. The van der Waals surface area contributed by atoms with Gasteiger partial charge in [-0.3, -0.25) is 0 Å². The minimum atomic E-state index is -1.04. The van der Waals surface area contributed by atoms with E-state index in [0.29, 0.717) is 4.60 Å². The summed E-state index contributed by atoms with van der Waals surface area (Å²) in [5.74, 6) is 0.263. The van der Waals surface area contributed by atoms with Crippen molar-refractivity contribution in [3.63, 3.8) is 0 Å². The number of rotatable bonds is 5. The van der Waals surface area contributed by atoms with E-state index in [0.717, 1.165) is 9.25 Å². The van der Waals surface area contributed by atoms with Crippen LogP contribution in [0.2, 0.25) is 0 Å². The van der Waals surface area contributed by atoms with Crippen LogP contribution in [0.15, 0.2) is 40.0 Å². The molecule has 9 nitrogen and oxygen atoms in total. The fraction of sp³-hybridized carbons (Fsp3) is 0.182. The first-order valence-corrected chi connectivity index (χ1v) is 6.63. The first-order valence-electron chi connectivity index (χ1n) is 5.84. The van der Waals surface area contributed by atoms with Crippen LogP contribution in [0.25, 0.3) is 5.82 Å². The molecule has 0 aliphatic heterocycles. The first kappa shape index (κ1) is 15.8. The number of hydrogen-bond acceptors (Lipinski definition) is 6. The highest BCUT2D eigenvalue weighted by molar-refractivity contribution is 9.10. The fourth-order valence-corrected chi connectivity index (χ4v) is 1.71. The summed E-state index contributed by atoms with van der Waals surface area (Å²) >= 11 is 3.13. The number of halogens is 2. The van der Waals surface area contributed by atoms with Crippen molar-refractivity contribution in [1.29, 1.82) is 0 Å². The van der Waals surface area contributed by atoms with Crippen molar-refractivity contribution in [2.75, 3.05) is 6.61 Å². The molecule has 0 saturated heterocycles. The van der Waals surface area contributed by atoms with E-state index in [1.807, 2.05) is 0 Å². The lowest BCUT2D eigenvalue weighted by molar-refractivity contribution is 0.164. The van der Waals surface area contributed by atoms with Crippen LogP contribution in [0.1, 0.15) is 0 Å². The van der Waals surface area contributed by atoms with Crippen molar-refractivity contribution in [2.24, 2.45) is 5.73 Å². The van der Waals surface area contributed by atoms with Gasteiger partial charge in [-0.25, -0.2) is 33.2 Å². The lowest BCUT2D eigenvalue weighted by Gasteiger charge is -2.05. The van der Waals surface area contributed by atoms with Crippen LogP contribution in [0.4, 0.5) is 9.18 Å². The molecular formula is C11H10BrFN6O3. The molecule has 0 aromatic carbocycles. The van der Waals surface area contributed by atoms with Crippen LogP contribution in [-0.4, -0.2) is 37.0 Å². The predicted octanol–water partition coefficient (Wildman–Crippen LogP) is 0.535. The zero-order valence-corrected chi connectivity index (χ0v) is 12.6. The van der Waals surface area contributed by atoms with Gasteiger partial charge in [0.15, 0.2) is 5.82 Å². The molecule has 0 bridgehead atoms. The molecule has 2 aromatic rings. The summed E-state index contributed by atoms with van der Waals surface area (Å²) in [6, 6.07) is 0. The Morgan fingerprint density at radius 1 is 1.45 bits per heavy atom. The minimum Gasteiger partial charge on any atom is -0.445 e. The van der Waals surface area contributed by atoms with Crippen molar-refractivity contribution in [3.8, 4) is 5.82 Å². The van der Waals surface area contributed by atoms with E-state index in [4.69, 9.17) is 5.73 Å². The third kappa shape index (κ3) is 3.75. The second kappa shape index (κ2) is 6.93. The normalized spacial score (nSPS) is 11.5. The van der Waals surface area contributed by atoms with Gasteiger partial charge in [-0.05, 0) is 15.9 Å². The van der Waals surface area contributed by atoms with Gasteiger partial charge in [0.2, 0.25) is 0 Å². The van der Waals surface area contributed by atoms with Gasteiger partial charge in [0, 0.05) is 5.57 Å². The average molecular weight is 373 g/mol. The summed E-state index contributed by atoms with van der Waals surface area (Å²) in [7, 11) is 0. The van der Waals surface area contributed by atoms with E-state index in [1.165, 1.54) is 18.7 Å². The van der Waals surface area contributed by atoms with E-state index in [9.17, 15) is 14.0 Å². The first-order chi connectivity index (χ1) is 10.5. The second-order valence-electron chi connectivity index (χ2n) is 4.01. The van der Waals surface area contributed by atoms with E-state index in [2.05, 4.69) is 35.7 Å². The van der Waals surface area contributed by atoms with E-state index in [-0.39, 0.29) is 30.9 Å². The Morgan fingerprint density at radius 2 is 2.23 bits per heavy atom. The maximum atomic E-state index is 12.7. The van der Waals surface area contributed by atoms with Gasteiger partial charge in [0.1, 0.15) is 17.5 Å². The second-order valence-corrected chi connectivity index (χ2v) is 4.83. The Bertz CT molecular complexity index is 754. The summed E-state index contributed by atoms with van der Waals surface area (Å²) in [5, 5.41) is 3.84. The summed E-state index contributed by atoms with van der Waals surface area (Å²) in [6.07, 6.45) is 3.22. The smallest absolute Gasteiger partial charge is 0.404 e.